The second kappa shape index (κ2) is 7.57. The summed E-state index contributed by atoms with van der Waals surface area (Å²) >= 11 is 0. The Balaban J connectivity index is 1.98. The molecule has 1 heterocycles. The van der Waals surface area contributed by atoms with Crippen molar-refractivity contribution in [3.8, 4) is 0 Å². The van der Waals surface area contributed by atoms with Crippen LogP contribution in [0.2, 0.25) is 0 Å². The molecule has 1 fully saturated rings. The van der Waals surface area contributed by atoms with Crippen molar-refractivity contribution < 1.29 is 23.8 Å². The molecule has 0 spiro atoms. The van der Waals surface area contributed by atoms with E-state index >= 15 is 0 Å². The monoisotopic (exact) mass is 346 g/mol. The van der Waals surface area contributed by atoms with Crippen molar-refractivity contribution in [2.75, 3.05) is 44.3 Å². The molecule has 1 saturated carbocycles. The molecule has 134 valence electrons. The Morgan fingerprint density at radius 1 is 1.20 bits per heavy atom. The number of esters is 2. The number of carbonyl (C=O) groups is 2. The lowest BCUT2D eigenvalue weighted by Gasteiger charge is -2.32. The minimum absolute atomic E-state index is 0.00523. The molecule has 1 N–H and O–H groups in total. The predicted molar refractivity (Wildman–Crippen MR) is 92.0 cm³/mol. The lowest BCUT2D eigenvalue weighted by Crippen LogP contribution is -2.39. The molecule has 1 aromatic rings. The first kappa shape index (κ1) is 17.3. The number of nitrogens with one attached hydrogen (secondary N) is 1. The Hall–Kier alpha value is -2.54. The van der Waals surface area contributed by atoms with Crippen LogP contribution in [-0.2, 0) is 23.8 Å². The number of para-hydroxylation sites is 2. The molecular formula is C18H22N2O5. The highest BCUT2D eigenvalue weighted by molar-refractivity contribution is 6.04. The largest absolute Gasteiger partial charge is 0.466 e. The van der Waals surface area contributed by atoms with Crippen LogP contribution in [0.5, 0.6) is 0 Å². The van der Waals surface area contributed by atoms with Gasteiger partial charge in [0.25, 0.3) is 0 Å². The highest BCUT2D eigenvalue weighted by atomic mass is 16.5. The zero-order valence-electron chi connectivity index (χ0n) is 14.4. The summed E-state index contributed by atoms with van der Waals surface area (Å²) in [5.41, 5.74) is 1.94. The zero-order valence-corrected chi connectivity index (χ0v) is 14.4. The first-order valence-electron chi connectivity index (χ1n) is 8.23. The first-order valence-corrected chi connectivity index (χ1v) is 8.23. The minimum atomic E-state index is -0.603. The van der Waals surface area contributed by atoms with Gasteiger partial charge in [-0.1, -0.05) is 12.1 Å². The number of hydrogen-bond acceptors (Lipinski definition) is 7. The van der Waals surface area contributed by atoms with E-state index < -0.39 is 11.9 Å². The van der Waals surface area contributed by atoms with Gasteiger partial charge < -0.3 is 24.4 Å². The third-order valence-electron chi connectivity index (χ3n) is 4.31. The van der Waals surface area contributed by atoms with Crippen LogP contribution in [0.3, 0.4) is 0 Å². The molecule has 25 heavy (non-hydrogen) atoms. The van der Waals surface area contributed by atoms with E-state index in [4.69, 9.17) is 14.2 Å². The summed E-state index contributed by atoms with van der Waals surface area (Å²) in [6, 6.07) is 7.62. The second-order valence-corrected chi connectivity index (χ2v) is 6.06. The summed E-state index contributed by atoms with van der Waals surface area (Å²) in [6.07, 6.45) is 2.48. The van der Waals surface area contributed by atoms with E-state index in [0.29, 0.717) is 5.92 Å². The van der Waals surface area contributed by atoms with Gasteiger partial charge in [0.05, 0.1) is 37.8 Å². The van der Waals surface area contributed by atoms with Gasteiger partial charge in [0, 0.05) is 6.54 Å². The van der Waals surface area contributed by atoms with Crippen LogP contribution in [0, 0.1) is 5.92 Å². The van der Waals surface area contributed by atoms with E-state index in [1.54, 1.807) is 4.90 Å². The first-order chi connectivity index (χ1) is 12.2. The second-order valence-electron chi connectivity index (χ2n) is 6.06. The van der Waals surface area contributed by atoms with Gasteiger partial charge in [0.15, 0.2) is 0 Å². The quantitative estimate of drug-likeness (QED) is 0.788. The average molecular weight is 346 g/mol. The standard InChI is InChI=1S/C18H22N2O5/c1-23-17(21)13-10-25-11-20(16(13)18(22)24-2)15-6-4-3-5-14(15)19-9-12-7-8-12/h3-6,12,19H,7-11H2,1-2H3. The van der Waals surface area contributed by atoms with E-state index in [0.717, 1.165) is 17.9 Å². The van der Waals surface area contributed by atoms with Crippen LogP contribution in [-0.4, -0.2) is 46.0 Å². The van der Waals surface area contributed by atoms with E-state index in [1.807, 2.05) is 24.3 Å². The van der Waals surface area contributed by atoms with Crippen LogP contribution in [0.25, 0.3) is 0 Å². The fourth-order valence-electron chi connectivity index (χ4n) is 2.77. The molecule has 7 heteroatoms. The molecule has 2 aliphatic rings. The van der Waals surface area contributed by atoms with Crippen molar-refractivity contribution in [3.63, 3.8) is 0 Å². The molecule has 0 unspecified atom stereocenters. The minimum Gasteiger partial charge on any atom is -0.466 e. The summed E-state index contributed by atoms with van der Waals surface area (Å²) in [5, 5.41) is 3.42. The zero-order chi connectivity index (χ0) is 17.8. The van der Waals surface area contributed by atoms with Crippen LogP contribution in [0.15, 0.2) is 35.5 Å². The molecule has 0 atom stereocenters. The van der Waals surface area contributed by atoms with E-state index in [9.17, 15) is 9.59 Å². The summed E-state index contributed by atoms with van der Waals surface area (Å²) in [4.78, 5) is 26.1. The molecule has 0 radical (unpaired) electrons. The topological polar surface area (TPSA) is 77.1 Å². The van der Waals surface area contributed by atoms with Gasteiger partial charge in [-0.2, -0.15) is 0 Å². The number of nitrogens with zero attached hydrogens (tertiary/aromatic N) is 1. The fourth-order valence-corrected chi connectivity index (χ4v) is 2.77. The number of rotatable bonds is 6. The molecule has 1 aliphatic carbocycles. The normalized spacial score (nSPS) is 17.3. The van der Waals surface area contributed by atoms with Gasteiger partial charge in [0.1, 0.15) is 12.4 Å². The van der Waals surface area contributed by atoms with Gasteiger partial charge >= 0.3 is 11.9 Å². The summed E-state index contributed by atoms with van der Waals surface area (Å²) in [5.74, 6) is -0.499. The molecule has 0 aromatic heterocycles. The maximum absolute atomic E-state index is 12.4. The van der Waals surface area contributed by atoms with Gasteiger partial charge in [-0.05, 0) is 30.9 Å². The SMILES string of the molecule is COC(=O)C1=C(C(=O)OC)N(c2ccccc2NCC2CC2)COC1. The Kier molecular flexibility index (Phi) is 5.23. The lowest BCUT2D eigenvalue weighted by molar-refractivity contribution is -0.140. The van der Waals surface area contributed by atoms with Crippen LogP contribution in [0.1, 0.15) is 12.8 Å². The van der Waals surface area contributed by atoms with Crippen molar-refractivity contribution in [2.24, 2.45) is 5.92 Å². The molecular weight excluding hydrogens is 324 g/mol. The Bertz CT molecular complexity index is 696. The Labute approximate surface area is 146 Å². The molecule has 1 aromatic carbocycles. The highest BCUT2D eigenvalue weighted by Gasteiger charge is 2.33. The van der Waals surface area contributed by atoms with Crippen LogP contribution in [0.4, 0.5) is 11.4 Å². The predicted octanol–water partition coefficient (Wildman–Crippen LogP) is 1.90. The average Bonchev–Trinajstić information content (AvgIpc) is 3.49. The van der Waals surface area contributed by atoms with Crippen LogP contribution >= 0.6 is 0 Å². The summed E-state index contributed by atoms with van der Waals surface area (Å²) in [7, 11) is 2.56. The number of carbonyl (C=O) groups excluding carboxylic acids is 2. The number of methoxy groups -OCH3 is 2. The smallest absolute Gasteiger partial charge is 0.355 e. The van der Waals surface area contributed by atoms with Gasteiger partial charge in [-0.15, -0.1) is 0 Å². The third kappa shape index (κ3) is 3.76. The fraction of sp³-hybridized carbons (Fsp3) is 0.444. The number of ether oxygens (including phenoxy) is 3. The summed E-state index contributed by atoms with van der Waals surface area (Å²) in [6.45, 7) is 1.03. The third-order valence-corrected chi connectivity index (χ3v) is 4.31. The number of anilines is 2. The van der Waals surface area contributed by atoms with Gasteiger partial charge in [-0.3, -0.25) is 0 Å². The number of benzene rings is 1. The maximum Gasteiger partial charge on any atom is 0.355 e. The maximum atomic E-state index is 12.4. The summed E-state index contributed by atoms with van der Waals surface area (Å²) < 4.78 is 15.2. The van der Waals surface area contributed by atoms with E-state index in [1.165, 1.54) is 27.1 Å². The van der Waals surface area contributed by atoms with Gasteiger partial charge in [0.2, 0.25) is 0 Å². The molecule has 1 aliphatic heterocycles. The van der Waals surface area contributed by atoms with Gasteiger partial charge in [-0.25, -0.2) is 9.59 Å². The lowest BCUT2D eigenvalue weighted by atomic mass is 10.1. The van der Waals surface area contributed by atoms with E-state index in [-0.39, 0.29) is 24.6 Å². The molecule has 0 bridgehead atoms. The van der Waals surface area contributed by atoms with Crippen molar-refractivity contribution in [2.45, 2.75) is 12.8 Å². The van der Waals surface area contributed by atoms with Crippen molar-refractivity contribution in [1.29, 1.82) is 0 Å². The number of hydrogen-bond donors (Lipinski definition) is 1. The van der Waals surface area contributed by atoms with Crippen molar-refractivity contribution >= 4 is 23.3 Å². The van der Waals surface area contributed by atoms with Crippen molar-refractivity contribution in [3.05, 3.63) is 35.5 Å². The molecule has 0 amide bonds. The van der Waals surface area contributed by atoms with Crippen molar-refractivity contribution in [1.82, 2.24) is 0 Å². The molecule has 3 rings (SSSR count). The van der Waals surface area contributed by atoms with E-state index in [2.05, 4.69) is 5.32 Å². The molecule has 0 saturated heterocycles. The Morgan fingerprint density at radius 3 is 2.60 bits per heavy atom. The van der Waals surface area contributed by atoms with Crippen LogP contribution < -0.4 is 10.2 Å². The Morgan fingerprint density at radius 2 is 1.92 bits per heavy atom. The molecule has 7 nitrogen and oxygen atoms in total. The highest BCUT2D eigenvalue weighted by Crippen LogP contribution is 2.34.